The van der Waals surface area contributed by atoms with Gasteiger partial charge >= 0.3 is 5.97 Å². The molecule has 3 heterocycles. The minimum absolute atomic E-state index is 0.319. The summed E-state index contributed by atoms with van der Waals surface area (Å²) in [7, 11) is 0. The van der Waals surface area contributed by atoms with Gasteiger partial charge in [0.2, 0.25) is 0 Å². The Bertz CT molecular complexity index is 1320. The minimum atomic E-state index is -0.703. The summed E-state index contributed by atoms with van der Waals surface area (Å²) in [4.78, 5) is 24.0. The highest BCUT2D eigenvalue weighted by molar-refractivity contribution is 7.11. The quantitative estimate of drug-likeness (QED) is 0.268. The molecule has 0 saturated carbocycles. The highest BCUT2D eigenvalue weighted by Crippen LogP contribution is 2.40. The van der Waals surface area contributed by atoms with Gasteiger partial charge in [-0.15, -0.1) is 11.3 Å². The van der Waals surface area contributed by atoms with Crippen LogP contribution in [0.3, 0.4) is 0 Å². The van der Waals surface area contributed by atoms with Crippen molar-refractivity contribution in [2.45, 2.75) is 84.6 Å². The maximum absolute atomic E-state index is 12.4. The van der Waals surface area contributed by atoms with Gasteiger partial charge < -0.3 is 10.0 Å². The van der Waals surface area contributed by atoms with Crippen molar-refractivity contribution in [1.29, 1.82) is 0 Å². The van der Waals surface area contributed by atoms with Gasteiger partial charge in [-0.3, -0.25) is 9.69 Å². The van der Waals surface area contributed by atoms with E-state index in [9.17, 15) is 9.90 Å². The molecule has 0 bridgehead atoms. The SMILES string of the molecule is CCCc1nc(Cc2ccccc2)sc1C1CCN(CC2CN(C(C(=O)O)C(C)(C)C)CC2c2cccc(C)c2)CC1. The molecule has 226 valence electrons. The summed E-state index contributed by atoms with van der Waals surface area (Å²) in [6, 6.07) is 19.1. The van der Waals surface area contributed by atoms with Crippen molar-refractivity contribution in [3.8, 4) is 0 Å². The van der Waals surface area contributed by atoms with Crippen LogP contribution in [-0.2, 0) is 17.6 Å². The minimum Gasteiger partial charge on any atom is -0.480 e. The summed E-state index contributed by atoms with van der Waals surface area (Å²) in [5, 5.41) is 11.5. The van der Waals surface area contributed by atoms with Gasteiger partial charge in [0.25, 0.3) is 0 Å². The summed E-state index contributed by atoms with van der Waals surface area (Å²) in [6.07, 6.45) is 5.47. The van der Waals surface area contributed by atoms with Crippen molar-refractivity contribution < 1.29 is 9.90 Å². The fourth-order valence-corrected chi connectivity index (χ4v) is 8.67. The number of aromatic nitrogens is 1. The van der Waals surface area contributed by atoms with Crippen LogP contribution in [0.15, 0.2) is 54.6 Å². The molecule has 0 spiro atoms. The van der Waals surface area contributed by atoms with Crippen molar-refractivity contribution in [2.24, 2.45) is 11.3 Å². The smallest absolute Gasteiger partial charge is 0.321 e. The Morgan fingerprint density at radius 2 is 1.81 bits per heavy atom. The molecule has 1 aromatic heterocycles. The molecule has 2 aromatic carbocycles. The standard InChI is InChI=1S/C36H49N3O2S/c1-6-11-31-33(42-32(37-31)21-26-13-8-7-9-14-26)27-16-18-38(19-17-27)22-29-23-39(34(35(40)41)36(3,4)5)24-30(29)28-15-10-12-25(2)20-28/h7-10,12-15,20,27,29-30,34H,6,11,16-19,21-24H2,1-5H3,(H,40,41). The summed E-state index contributed by atoms with van der Waals surface area (Å²) in [5.74, 6) is 0.662. The van der Waals surface area contributed by atoms with Crippen LogP contribution in [0.1, 0.15) is 91.1 Å². The lowest BCUT2D eigenvalue weighted by molar-refractivity contribution is -0.147. The Balaban J connectivity index is 1.28. The number of aliphatic carboxylic acids is 1. The van der Waals surface area contributed by atoms with Crippen molar-refractivity contribution in [1.82, 2.24) is 14.8 Å². The van der Waals surface area contributed by atoms with Crippen LogP contribution in [-0.4, -0.2) is 64.6 Å². The van der Waals surface area contributed by atoms with Gasteiger partial charge in [-0.25, -0.2) is 4.98 Å². The third-order valence-electron chi connectivity index (χ3n) is 9.27. The monoisotopic (exact) mass is 587 g/mol. The maximum Gasteiger partial charge on any atom is 0.321 e. The van der Waals surface area contributed by atoms with E-state index in [1.165, 1.54) is 45.1 Å². The van der Waals surface area contributed by atoms with Crippen molar-refractivity contribution in [3.63, 3.8) is 0 Å². The van der Waals surface area contributed by atoms with E-state index < -0.39 is 12.0 Å². The fraction of sp³-hybridized carbons (Fsp3) is 0.556. The van der Waals surface area contributed by atoms with E-state index in [4.69, 9.17) is 4.98 Å². The zero-order valence-corrected chi connectivity index (χ0v) is 27.0. The molecule has 3 unspecified atom stereocenters. The van der Waals surface area contributed by atoms with Gasteiger partial charge in [0, 0.05) is 36.9 Å². The van der Waals surface area contributed by atoms with Gasteiger partial charge in [0.05, 0.1) is 10.7 Å². The Kier molecular flexibility index (Phi) is 9.86. The largest absolute Gasteiger partial charge is 0.480 e. The number of carboxylic acids is 1. The summed E-state index contributed by atoms with van der Waals surface area (Å²) < 4.78 is 0. The molecule has 5 rings (SSSR count). The molecule has 0 amide bonds. The number of hydrogen-bond acceptors (Lipinski definition) is 5. The second-order valence-electron chi connectivity index (χ2n) is 13.7. The predicted molar refractivity (Wildman–Crippen MR) is 174 cm³/mol. The number of likely N-dealkylation sites (tertiary alicyclic amines) is 2. The average molecular weight is 588 g/mol. The van der Waals surface area contributed by atoms with Crippen LogP contribution in [0.4, 0.5) is 0 Å². The van der Waals surface area contributed by atoms with Crippen LogP contribution < -0.4 is 0 Å². The van der Waals surface area contributed by atoms with Crippen LogP contribution >= 0.6 is 11.3 Å². The zero-order chi connectivity index (χ0) is 29.9. The number of benzene rings is 2. The van der Waals surface area contributed by atoms with Crippen molar-refractivity contribution in [3.05, 3.63) is 86.9 Å². The molecule has 0 radical (unpaired) electrons. The van der Waals surface area contributed by atoms with Gasteiger partial charge in [0.15, 0.2) is 0 Å². The molecular weight excluding hydrogens is 538 g/mol. The Morgan fingerprint density at radius 3 is 2.45 bits per heavy atom. The number of thiazole rings is 1. The number of aryl methyl sites for hydroxylation is 2. The molecule has 3 aromatic rings. The van der Waals surface area contributed by atoms with Crippen LogP contribution in [0.2, 0.25) is 0 Å². The Hall–Kier alpha value is -2.54. The number of rotatable bonds is 10. The lowest BCUT2D eigenvalue weighted by Crippen LogP contribution is -2.48. The molecule has 1 N–H and O–H groups in total. The number of hydrogen-bond donors (Lipinski definition) is 1. The second kappa shape index (κ2) is 13.4. The number of carbonyl (C=O) groups is 1. The molecule has 2 fully saturated rings. The van der Waals surface area contributed by atoms with Crippen LogP contribution in [0.25, 0.3) is 0 Å². The maximum atomic E-state index is 12.4. The molecule has 3 atom stereocenters. The summed E-state index contributed by atoms with van der Waals surface area (Å²) >= 11 is 1.95. The van der Waals surface area contributed by atoms with E-state index in [2.05, 4.69) is 99.0 Å². The third kappa shape index (κ3) is 7.32. The fourth-order valence-electron chi connectivity index (χ4n) is 7.36. The molecule has 2 aliphatic rings. The molecule has 5 nitrogen and oxygen atoms in total. The van der Waals surface area contributed by atoms with Crippen molar-refractivity contribution in [2.75, 3.05) is 32.7 Å². The van der Waals surface area contributed by atoms with Crippen LogP contribution in [0.5, 0.6) is 0 Å². The topological polar surface area (TPSA) is 56.7 Å². The van der Waals surface area contributed by atoms with Gasteiger partial charge in [-0.05, 0) is 67.7 Å². The first-order valence-corrected chi connectivity index (χ1v) is 16.7. The average Bonchev–Trinajstić information content (AvgIpc) is 3.52. The van der Waals surface area contributed by atoms with E-state index in [-0.39, 0.29) is 5.41 Å². The molecule has 0 aliphatic carbocycles. The number of nitrogens with zero attached hydrogens (tertiary/aromatic N) is 3. The van der Waals surface area contributed by atoms with E-state index in [0.29, 0.717) is 17.8 Å². The summed E-state index contributed by atoms with van der Waals surface area (Å²) in [6.45, 7) is 15.5. The lowest BCUT2D eigenvalue weighted by Gasteiger charge is -2.36. The zero-order valence-electron chi connectivity index (χ0n) is 26.2. The van der Waals surface area contributed by atoms with Crippen molar-refractivity contribution >= 4 is 17.3 Å². The highest BCUT2D eigenvalue weighted by Gasteiger charge is 2.44. The number of carboxylic acid groups (broad SMARTS) is 1. The van der Waals surface area contributed by atoms with Gasteiger partial charge in [0.1, 0.15) is 6.04 Å². The molecule has 2 aliphatic heterocycles. The first-order chi connectivity index (χ1) is 20.1. The molecule has 2 saturated heterocycles. The van der Waals surface area contributed by atoms with E-state index in [1.54, 1.807) is 0 Å². The number of piperidine rings is 1. The van der Waals surface area contributed by atoms with E-state index >= 15 is 0 Å². The van der Waals surface area contributed by atoms with E-state index in [0.717, 1.165) is 52.0 Å². The second-order valence-corrected chi connectivity index (χ2v) is 14.9. The summed E-state index contributed by atoms with van der Waals surface area (Å²) in [5.41, 5.74) is 4.98. The highest BCUT2D eigenvalue weighted by atomic mass is 32.1. The normalized spacial score (nSPS) is 21.5. The first-order valence-electron chi connectivity index (χ1n) is 15.9. The lowest BCUT2D eigenvalue weighted by atomic mass is 9.85. The first kappa shape index (κ1) is 30.9. The van der Waals surface area contributed by atoms with Crippen LogP contribution in [0, 0.1) is 18.3 Å². The molecular formula is C36H49N3O2S. The van der Waals surface area contributed by atoms with Gasteiger partial charge in [-0.1, -0.05) is 94.3 Å². The Morgan fingerprint density at radius 1 is 1.07 bits per heavy atom. The Labute approximate surface area is 257 Å². The van der Waals surface area contributed by atoms with E-state index in [1.807, 2.05) is 11.3 Å². The third-order valence-corrected chi connectivity index (χ3v) is 10.5. The predicted octanol–water partition coefficient (Wildman–Crippen LogP) is 7.39. The molecule has 6 heteroatoms. The molecule has 42 heavy (non-hydrogen) atoms. The van der Waals surface area contributed by atoms with Gasteiger partial charge in [-0.2, -0.15) is 0 Å².